The first-order valence-electron chi connectivity index (χ1n) is 6.95. The Labute approximate surface area is 125 Å². The van der Waals surface area contributed by atoms with Crippen LogP contribution in [0.4, 0.5) is 5.69 Å². The zero-order valence-electron chi connectivity index (χ0n) is 12.3. The van der Waals surface area contributed by atoms with Crippen LogP contribution in [0.1, 0.15) is 32.3 Å². The second-order valence-corrected chi connectivity index (χ2v) is 7.57. The number of rotatable bonds is 5. The smallest absolute Gasteiger partial charge is 0.244 e. The lowest BCUT2D eigenvalue weighted by atomic mass is 10.0. The Hall–Kier alpha value is -1.31. The summed E-state index contributed by atoms with van der Waals surface area (Å²) >= 11 is 0. The van der Waals surface area contributed by atoms with Gasteiger partial charge in [0.25, 0.3) is 0 Å². The fraction of sp³-hybridized carbons (Fsp3) is 0.571. The average molecular weight is 314 g/mol. The van der Waals surface area contributed by atoms with Crippen molar-refractivity contribution in [3.05, 3.63) is 17.7 Å². The molecule has 7 heteroatoms. The molecule has 0 atom stereocenters. The molecule has 1 aromatic carbocycles. The Morgan fingerprint density at radius 1 is 1.43 bits per heavy atom. The number of nitrogens with one attached hydrogen (secondary N) is 1. The van der Waals surface area contributed by atoms with Gasteiger partial charge in [-0.25, -0.2) is 13.1 Å². The number of benzene rings is 1. The minimum atomic E-state index is -3.77. The van der Waals surface area contributed by atoms with Crippen LogP contribution in [0, 0.1) is 0 Å². The summed E-state index contributed by atoms with van der Waals surface area (Å²) in [5, 5.41) is 9.03. The van der Waals surface area contributed by atoms with E-state index in [2.05, 4.69) is 4.72 Å². The molecule has 1 aliphatic rings. The van der Waals surface area contributed by atoms with Gasteiger partial charge in [-0.15, -0.1) is 0 Å². The summed E-state index contributed by atoms with van der Waals surface area (Å²) < 4.78 is 33.4. The Morgan fingerprint density at radius 3 is 2.81 bits per heavy atom. The lowest BCUT2D eigenvalue weighted by molar-refractivity contribution is 0.245. The highest BCUT2D eigenvalue weighted by Gasteiger charge is 2.30. The van der Waals surface area contributed by atoms with E-state index < -0.39 is 15.6 Å². The normalized spacial score (nSPS) is 15.4. The molecule has 1 heterocycles. The molecule has 1 aromatic rings. The summed E-state index contributed by atoms with van der Waals surface area (Å²) in [4.78, 5) is 0.0724. The molecule has 0 amide bonds. The molecule has 0 spiro atoms. The molecule has 0 saturated carbocycles. The van der Waals surface area contributed by atoms with Gasteiger partial charge in [0.05, 0.1) is 6.61 Å². The number of nitrogens with two attached hydrogens (primary N) is 1. The number of aryl methyl sites for hydroxylation is 1. The number of hydrogen-bond acceptors (Lipinski definition) is 5. The summed E-state index contributed by atoms with van der Waals surface area (Å²) in [6, 6.07) is 3.17. The quantitative estimate of drug-likeness (QED) is 0.705. The van der Waals surface area contributed by atoms with Gasteiger partial charge in [-0.2, -0.15) is 0 Å². The fourth-order valence-corrected chi connectivity index (χ4v) is 4.08. The lowest BCUT2D eigenvalue weighted by Crippen LogP contribution is -2.44. The standard InChI is InChI=1S/C14H22N2O4S/c1-14(2,5-6-17)16-21(18,19)12-9-11(15)8-10-4-3-7-20-13(10)12/h8-9,16-17H,3-7,15H2,1-2H3. The minimum Gasteiger partial charge on any atom is -0.492 e. The molecule has 0 saturated heterocycles. The third-order valence-corrected chi connectivity index (χ3v) is 5.13. The van der Waals surface area contributed by atoms with E-state index in [1.165, 1.54) is 6.07 Å². The van der Waals surface area contributed by atoms with Crippen LogP contribution in [0.2, 0.25) is 0 Å². The van der Waals surface area contributed by atoms with Crippen LogP contribution in [0.3, 0.4) is 0 Å². The van der Waals surface area contributed by atoms with Gasteiger partial charge in [0.2, 0.25) is 10.0 Å². The van der Waals surface area contributed by atoms with Gasteiger partial charge in [0, 0.05) is 17.8 Å². The van der Waals surface area contributed by atoms with Gasteiger partial charge in [-0.1, -0.05) is 0 Å². The third kappa shape index (κ3) is 3.66. The monoisotopic (exact) mass is 314 g/mol. The van der Waals surface area contributed by atoms with Crippen molar-refractivity contribution in [3.8, 4) is 5.75 Å². The molecule has 2 rings (SSSR count). The molecular weight excluding hydrogens is 292 g/mol. The van der Waals surface area contributed by atoms with Crippen molar-refractivity contribution in [1.82, 2.24) is 4.72 Å². The van der Waals surface area contributed by atoms with Gasteiger partial charge >= 0.3 is 0 Å². The first kappa shape index (κ1) is 16.1. The topological polar surface area (TPSA) is 102 Å². The van der Waals surface area contributed by atoms with E-state index in [1.54, 1.807) is 19.9 Å². The van der Waals surface area contributed by atoms with Crippen LogP contribution in [0.15, 0.2) is 17.0 Å². The second kappa shape index (κ2) is 5.82. The fourth-order valence-electron chi connectivity index (χ4n) is 2.42. The Bertz CT molecular complexity index is 626. The predicted octanol–water partition coefficient (Wildman–Crippen LogP) is 1.03. The van der Waals surface area contributed by atoms with Crippen molar-refractivity contribution in [1.29, 1.82) is 0 Å². The maximum absolute atomic E-state index is 12.6. The highest BCUT2D eigenvalue weighted by atomic mass is 32.2. The predicted molar refractivity (Wildman–Crippen MR) is 80.8 cm³/mol. The summed E-state index contributed by atoms with van der Waals surface area (Å²) in [6.45, 7) is 3.85. The third-order valence-electron chi connectivity index (χ3n) is 3.43. The van der Waals surface area contributed by atoms with Crippen molar-refractivity contribution < 1.29 is 18.3 Å². The van der Waals surface area contributed by atoms with Crippen LogP contribution < -0.4 is 15.2 Å². The van der Waals surface area contributed by atoms with E-state index in [1.807, 2.05) is 0 Å². The highest BCUT2D eigenvalue weighted by molar-refractivity contribution is 7.89. The van der Waals surface area contributed by atoms with Crippen LogP contribution in [-0.2, 0) is 16.4 Å². The van der Waals surface area contributed by atoms with Gasteiger partial charge < -0.3 is 15.6 Å². The van der Waals surface area contributed by atoms with Gasteiger partial charge in [0.1, 0.15) is 10.6 Å². The Balaban J connectivity index is 2.43. The van der Waals surface area contributed by atoms with E-state index in [0.717, 1.165) is 18.4 Å². The molecule has 0 radical (unpaired) electrons. The largest absolute Gasteiger partial charge is 0.492 e. The maximum Gasteiger partial charge on any atom is 0.244 e. The first-order chi connectivity index (χ1) is 9.75. The van der Waals surface area contributed by atoms with Gasteiger partial charge in [0.15, 0.2) is 0 Å². The number of hydrogen-bond donors (Lipinski definition) is 3. The number of aliphatic hydroxyl groups is 1. The number of aliphatic hydroxyl groups excluding tert-OH is 1. The van der Waals surface area contributed by atoms with E-state index >= 15 is 0 Å². The van der Waals surface area contributed by atoms with Crippen molar-refractivity contribution in [2.75, 3.05) is 18.9 Å². The molecule has 21 heavy (non-hydrogen) atoms. The average Bonchev–Trinajstić information content (AvgIpc) is 2.36. The Kier molecular flexibility index (Phi) is 4.46. The van der Waals surface area contributed by atoms with Crippen LogP contribution in [0.25, 0.3) is 0 Å². The minimum absolute atomic E-state index is 0.0724. The molecule has 0 aliphatic carbocycles. The molecule has 0 bridgehead atoms. The zero-order valence-corrected chi connectivity index (χ0v) is 13.2. The number of nitrogen functional groups attached to an aromatic ring is 1. The SMILES string of the molecule is CC(C)(CCO)NS(=O)(=O)c1cc(N)cc2c1OCCC2. The number of anilines is 1. The zero-order chi connectivity index (χ0) is 15.7. The molecule has 1 aliphatic heterocycles. The van der Waals surface area contributed by atoms with E-state index in [4.69, 9.17) is 15.6 Å². The second-order valence-electron chi connectivity index (χ2n) is 5.92. The number of ether oxygens (including phenoxy) is 1. The van der Waals surface area contributed by atoms with Crippen LogP contribution in [-0.4, -0.2) is 32.3 Å². The summed E-state index contributed by atoms with van der Waals surface area (Å²) in [6.07, 6.45) is 1.92. The lowest BCUT2D eigenvalue weighted by Gasteiger charge is -2.27. The molecule has 0 fully saturated rings. The van der Waals surface area contributed by atoms with Crippen molar-refractivity contribution >= 4 is 15.7 Å². The van der Waals surface area contributed by atoms with E-state index in [0.29, 0.717) is 24.5 Å². The summed E-state index contributed by atoms with van der Waals surface area (Å²) in [5.74, 6) is 0.391. The van der Waals surface area contributed by atoms with E-state index in [9.17, 15) is 8.42 Å². The van der Waals surface area contributed by atoms with Gasteiger partial charge in [-0.05, 0) is 50.8 Å². The number of sulfonamides is 1. The molecule has 0 unspecified atom stereocenters. The first-order valence-corrected chi connectivity index (χ1v) is 8.43. The summed E-state index contributed by atoms with van der Waals surface area (Å²) in [7, 11) is -3.77. The molecule has 4 N–H and O–H groups in total. The molecular formula is C14H22N2O4S. The van der Waals surface area contributed by atoms with E-state index in [-0.39, 0.29) is 11.5 Å². The maximum atomic E-state index is 12.6. The van der Waals surface area contributed by atoms with Crippen molar-refractivity contribution in [2.24, 2.45) is 0 Å². The van der Waals surface area contributed by atoms with Crippen molar-refractivity contribution in [2.45, 2.75) is 43.5 Å². The molecule has 118 valence electrons. The van der Waals surface area contributed by atoms with Crippen LogP contribution in [0.5, 0.6) is 5.75 Å². The van der Waals surface area contributed by atoms with Crippen molar-refractivity contribution in [3.63, 3.8) is 0 Å². The Morgan fingerprint density at radius 2 is 2.14 bits per heavy atom. The number of fused-ring (bicyclic) bond motifs is 1. The molecule has 0 aromatic heterocycles. The summed E-state index contributed by atoms with van der Waals surface area (Å²) in [5.41, 5.74) is 6.29. The molecule has 6 nitrogen and oxygen atoms in total. The van der Waals surface area contributed by atoms with Crippen LogP contribution >= 0.6 is 0 Å². The van der Waals surface area contributed by atoms with Gasteiger partial charge in [-0.3, -0.25) is 0 Å². The highest BCUT2D eigenvalue weighted by Crippen LogP contribution is 2.35.